The fraction of sp³-hybridized carbons (Fsp3) is 0.444. The van der Waals surface area contributed by atoms with Crippen LogP contribution in [0.15, 0.2) is 24.3 Å². The molecule has 9 heteroatoms. The van der Waals surface area contributed by atoms with Crippen molar-refractivity contribution in [1.29, 1.82) is 0 Å². The van der Waals surface area contributed by atoms with E-state index in [4.69, 9.17) is 11.6 Å². The molecule has 1 fully saturated rings. The van der Waals surface area contributed by atoms with Crippen LogP contribution < -0.4 is 10.2 Å². The van der Waals surface area contributed by atoms with Crippen molar-refractivity contribution in [2.75, 3.05) is 36.4 Å². The van der Waals surface area contributed by atoms with Crippen molar-refractivity contribution in [3.63, 3.8) is 0 Å². The number of amides is 2. The van der Waals surface area contributed by atoms with Crippen LogP contribution in [0, 0.1) is 6.92 Å². The van der Waals surface area contributed by atoms with E-state index in [0.717, 1.165) is 23.8 Å². The molecule has 27 heavy (non-hydrogen) atoms. The fourth-order valence-electron chi connectivity index (χ4n) is 2.97. The third-order valence-corrected chi connectivity index (χ3v) is 5.36. The zero-order valence-corrected chi connectivity index (χ0v) is 16.7. The fourth-order valence-corrected chi connectivity index (χ4v) is 3.77. The first kappa shape index (κ1) is 19.6. The van der Waals surface area contributed by atoms with Gasteiger partial charge in [0.1, 0.15) is 5.01 Å². The minimum Gasteiger partial charge on any atom is -0.368 e. The highest BCUT2D eigenvalue weighted by Crippen LogP contribution is 2.21. The van der Waals surface area contributed by atoms with Crippen molar-refractivity contribution in [2.45, 2.75) is 26.2 Å². The number of nitrogens with one attached hydrogen (secondary N) is 1. The van der Waals surface area contributed by atoms with Crippen LogP contribution in [-0.4, -0.2) is 53.1 Å². The summed E-state index contributed by atoms with van der Waals surface area (Å²) < 4.78 is 0. The number of aromatic nitrogens is 2. The number of carbonyl (C=O) groups excluding carboxylic acids is 2. The van der Waals surface area contributed by atoms with E-state index in [1.807, 2.05) is 36.1 Å². The lowest BCUT2D eigenvalue weighted by Crippen LogP contribution is -2.48. The topological polar surface area (TPSA) is 78.4 Å². The second-order valence-electron chi connectivity index (χ2n) is 6.38. The Bertz CT molecular complexity index is 805. The van der Waals surface area contributed by atoms with Crippen LogP contribution in [0.1, 0.15) is 24.3 Å². The smallest absolute Gasteiger partial charge is 0.226 e. The van der Waals surface area contributed by atoms with Crippen molar-refractivity contribution >= 4 is 45.6 Å². The van der Waals surface area contributed by atoms with Crippen LogP contribution in [0.3, 0.4) is 0 Å². The molecule has 2 amide bonds. The normalized spacial score (nSPS) is 14.3. The maximum atomic E-state index is 12.4. The molecule has 7 nitrogen and oxygen atoms in total. The Hall–Kier alpha value is -2.19. The van der Waals surface area contributed by atoms with Gasteiger partial charge in [-0.25, -0.2) is 0 Å². The van der Waals surface area contributed by atoms with Gasteiger partial charge >= 0.3 is 0 Å². The number of hydrogen-bond acceptors (Lipinski definition) is 6. The summed E-state index contributed by atoms with van der Waals surface area (Å²) >= 11 is 7.38. The summed E-state index contributed by atoms with van der Waals surface area (Å²) in [4.78, 5) is 28.4. The number of hydrogen-bond donors (Lipinski definition) is 1. The van der Waals surface area contributed by atoms with E-state index in [1.165, 1.54) is 11.3 Å². The molecule has 1 saturated heterocycles. The summed E-state index contributed by atoms with van der Waals surface area (Å²) in [7, 11) is 0. The van der Waals surface area contributed by atoms with Gasteiger partial charge in [0.25, 0.3) is 0 Å². The standard InChI is InChI=1S/C18H22ClN5O2S/c1-13-21-22-18(27-13)20-16(25)6-3-7-17(26)24-10-8-23(9-11-24)15-5-2-4-14(19)12-15/h2,4-5,12H,3,6-11H2,1H3,(H,20,22,25). The van der Waals surface area contributed by atoms with Gasteiger partial charge in [0, 0.05) is 49.7 Å². The van der Waals surface area contributed by atoms with Crippen molar-refractivity contribution in [1.82, 2.24) is 15.1 Å². The zero-order valence-electron chi connectivity index (χ0n) is 15.2. The lowest BCUT2D eigenvalue weighted by atomic mass is 10.2. The number of anilines is 2. The second kappa shape index (κ2) is 9.14. The number of halogens is 1. The van der Waals surface area contributed by atoms with Crippen LogP contribution in [0.25, 0.3) is 0 Å². The van der Waals surface area contributed by atoms with E-state index in [-0.39, 0.29) is 11.8 Å². The summed E-state index contributed by atoms with van der Waals surface area (Å²) in [6.45, 7) is 4.76. The number of benzene rings is 1. The summed E-state index contributed by atoms with van der Waals surface area (Å²) in [5.74, 6) is -0.0370. The molecule has 0 spiro atoms. The summed E-state index contributed by atoms with van der Waals surface area (Å²) in [5.41, 5.74) is 1.08. The van der Waals surface area contributed by atoms with E-state index in [9.17, 15) is 9.59 Å². The molecule has 1 aliphatic rings. The predicted molar refractivity (Wildman–Crippen MR) is 107 cm³/mol. The minimum absolute atomic E-state index is 0.0975. The zero-order chi connectivity index (χ0) is 19.2. The van der Waals surface area contributed by atoms with E-state index in [1.54, 1.807) is 0 Å². The predicted octanol–water partition coefficient (Wildman–Crippen LogP) is 2.96. The molecule has 1 aliphatic heterocycles. The average Bonchev–Trinajstić information content (AvgIpc) is 3.06. The van der Waals surface area contributed by atoms with E-state index < -0.39 is 0 Å². The highest BCUT2D eigenvalue weighted by molar-refractivity contribution is 7.15. The molecule has 3 rings (SSSR count). The Morgan fingerprint density at radius 2 is 1.96 bits per heavy atom. The quantitative estimate of drug-likeness (QED) is 0.796. The number of carbonyl (C=O) groups is 2. The summed E-state index contributed by atoms with van der Waals surface area (Å²) in [5, 5.41) is 12.4. The maximum Gasteiger partial charge on any atom is 0.226 e. The number of rotatable bonds is 6. The Balaban J connectivity index is 1.37. The van der Waals surface area contributed by atoms with Crippen LogP contribution in [-0.2, 0) is 9.59 Å². The van der Waals surface area contributed by atoms with Gasteiger partial charge < -0.3 is 15.1 Å². The van der Waals surface area contributed by atoms with Gasteiger partial charge in [-0.3, -0.25) is 9.59 Å². The van der Waals surface area contributed by atoms with Crippen LogP contribution in [0.2, 0.25) is 5.02 Å². The monoisotopic (exact) mass is 407 g/mol. The molecule has 0 radical (unpaired) electrons. The highest BCUT2D eigenvalue weighted by Gasteiger charge is 2.21. The van der Waals surface area contributed by atoms with Gasteiger partial charge in [-0.1, -0.05) is 29.0 Å². The third-order valence-electron chi connectivity index (χ3n) is 4.37. The van der Waals surface area contributed by atoms with Gasteiger partial charge in [0.15, 0.2) is 0 Å². The molecule has 1 N–H and O–H groups in total. The molecule has 2 aromatic rings. The summed E-state index contributed by atoms with van der Waals surface area (Å²) in [6, 6.07) is 7.76. The molecule has 0 atom stereocenters. The molecule has 0 bridgehead atoms. The van der Waals surface area contributed by atoms with E-state index in [0.29, 0.717) is 42.5 Å². The molecule has 1 aromatic heterocycles. The largest absolute Gasteiger partial charge is 0.368 e. The van der Waals surface area contributed by atoms with Crippen LogP contribution >= 0.6 is 22.9 Å². The van der Waals surface area contributed by atoms with Gasteiger partial charge in [0.05, 0.1) is 0 Å². The number of nitrogens with zero attached hydrogens (tertiary/aromatic N) is 4. The van der Waals surface area contributed by atoms with E-state index >= 15 is 0 Å². The first-order chi connectivity index (χ1) is 13.0. The SMILES string of the molecule is Cc1nnc(NC(=O)CCCC(=O)N2CCN(c3cccc(Cl)c3)CC2)s1. The van der Waals surface area contributed by atoms with Gasteiger partial charge in [-0.05, 0) is 31.5 Å². The lowest BCUT2D eigenvalue weighted by molar-refractivity contribution is -0.131. The molecule has 0 unspecified atom stereocenters. The Labute approximate surface area is 167 Å². The molecule has 2 heterocycles. The molecule has 1 aromatic carbocycles. The highest BCUT2D eigenvalue weighted by atomic mass is 35.5. The van der Waals surface area contributed by atoms with Gasteiger partial charge in [-0.15, -0.1) is 10.2 Å². The molecular weight excluding hydrogens is 386 g/mol. The first-order valence-corrected chi connectivity index (χ1v) is 10.1. The average molecular weight is 408 g/mol. The lowest BCUT2D eigenvalue weighted by Gasteiger charge is -2.36. The number of piperazine rings is 1. The van der Waals surface area contributed by atoms with Crippen LogP contribution in [0.5, 0.6) is 0 Å². The molecular formula is C18H22ClN5O2S. The molecule has 0 saturated carbocycles. The minimum atomic E-state index is -0.135. The third kappa shape index (κ3) is 5.64. The van der Waals surface area contributed by atoms with Gasteiger partial charge in [0.2, 0.25) is 16.9 Å². The van der Waals surface area contributed by atoms with Crippen molar-refractivity contribution in [2.24, 2.45) is 0 Å². The van der Waals surface area contributed by atoms with E-state index in [2.05, 4.69) is 20.4 Å². The number of aryl methyl sites for hydroxylation is 1. The maximum absolute atomic E-state index is 12.4. The van der Waals surface area contributed by atoms with Crippen molar-refractivity contribution in [3.05, 3.63) is 34.3 Å². The summed E-state index contributed by atoms with van der Waals surface area (Å²) in [6.07, 6.45) is 1.20. The second-order valence-corrected chi connectivity index (χ2v) is 7.99. The van der Waals surface area contributed by atoms with Crippen molar-refractivity contribution in [3.8, 4) is 0 Å². The first-order valence-electron chi connectivity index (χ1n) is 8.89. The van der Waals surface area contributed by atoms with Crippen molar-refractivity contribution < 1.29 is 9.59 Å². The Morgan fingerprint density at radius 1 is 1.19 bits per heavy atom. The van der Waals surface area contributed by atoms with Gasteiger partial charge in [-0.2, -0.15) is 0 Å². The van der Waals surface area contributed by atoms with Crippen LogP contribution in [0.4, 0.5) is 10.8 Å². The molecule has 144 valence electrons. The Morgan fingerprint density at radius 3 is 2.63 bits per heavy atom. The Kier molecular flexibility index (Phi) is 6.63. The molecule has 0 aliphatic carbocycles.